The lowest BCUT2D eigenvalue weighted by molar-refractivity contribution is 0.0446. The molecule has 1 aromatic rings. The Morgan fingerprint density at radius 2 is 2.12 bits per heavy atom. The van der Waals surface area contributed by atoms with E-state index in [1.54, 1.807) is 0 Å². The summed E-state index contributed by atoms with van der Waals surface area (Å²) in [6.45, 7) is 4.86. The molecular weight excluding hydrogens is 222 g/mol. The summed E-state index contributed by atoms with van der Waals surface area (Å²) < 4.78 is 5.37. The van der Waals surface area contributed by atoms with Gasteiger partial charge < -0.3 is 10.1 Å². The summed E-state index contributed by atoms with van der Waals surface area (Å²) in [7, 11) is 0. The van der Waals surface area contributed by atoms with Crippen LogP contribution in [0.15, 0.2) is 24.3 Å². The van der Waals surface area contributed by atoms with Gasteiger partial charge in [0.1, 0.15) is 0 Å². The minimum atomic E-state index is 0.209. The molecule has 1 saturated heterocycles. The van der Waals surface area contributed by atoms with E-state index in [1.165, 1.54) is 5.56 Å². The van der Waals surface area contributed by atoms with Crippen molar-refractivity contribution in [1.82, 2.24) is 5.32 Å². The summed E-state index contributed by atoms with van der Waals surface area (Å²) in [6, 6.07) is 8.01. The molecule has 0 aliphatic carbocycles. The molecule has 1 fully saturated rings. The molecule has 2 rings (SSSR count). The molecule has 3 heteroatoms. The van der Waals surface area contributed by atoms with Crippen LogP contribution in [0, 0.1) is 0 Å². The average molecular weight is 240 g/mol. The lowest BCUT2D eigenvalue weighted by Crippen LogP contribution is -2.46. The summed E-state index contributed by atoms with van der Waals surface area (Å²) in [5.41, 5.74) is 1.45. The van der Waals surface area contributed by atoms with Crippen molar-refractivity contribution in [1.29, 1.82) is 0 Å². The standard InChI is InChI=1S/C13H18ClNO/c1-13(5-7-16-8-6-13)15-10-11-3-2-4-12(14)9-11/h2-4,9,15H,5-8,10H2,1H3. The first kappa shape index (κ1) is 11.9. The Morgan fingerprint density at radius 3 is 2.81 bits per heavy atom. The Hall–Kier alpha value is -0.570. The van der Waals surface area contributed by atoms with Crippen LogP contribution in [0.25, 0.3) is 0 Å². The summed E-state index contributed by atoms with van der Waals surface area (Å²) in [6.07, 6.45) is 2.15. The van der Waals surface area contributed by atoms with Crippen LogP contribution >= 0.6 is 11.6 Å². The first-order chi connectivity index (χ1) is 7.68. The maximum Gasteiger partial charge on any atom is 0.0483 e. The van der Waals surface area contributed by atoms with Gasteiger partial charge in [-0.15, -0.1) is 0 Å². The maximum absolute atomic E-state index is 5.95. The van der Waals surface area contributed by atoms with E-state index in [0.29, 0.717) is 0 Å². The van der Waals surface area contributed by atoms with Crippen molar-refractivity contribution < 1.29 is 4.74 Å². The maximum atomic E-state index is 5.95. The summed E-state index contributed by atoms with van der Waals surface area (Å²) >= 11 is 5.95. The molecule has 0 amide bonds. The Balaban J connectivity index is 1.91. The molecule has 1 N–H and O–H groups in total. The fourth-order valence-electron chi connectivity index (χ4n) is 1.96. The average Bonchev–Trinajstić information content (AvgIpc) is 2.28. The SMILES string of the molecule is CC1(NCc2cccc(Cl)c2)CCOCC1. The van der Waals surface area contributed by atoms with E-state index >= 15 is 0 Å². The number of hydrogen-bond acceptors (Lipinski definition) is 2. The molecule has 1 aliphatic rings. The van der Waals surface area contributed by atoms with Crippen LogP contribution in [0.4, 0.5) is 0 Å². The first-order valence-electron chi connectivity index (χ1n) is 5.75. The van der Waals surface area contributed by atoms with Crippen molar-refractivity contribution in [3.63, 3.8) is 0 Å². The zero-order valence-corrected chi connectivity index (χ0v) is 10.4. The highest BCUT2D eigenvalue weighted by atomic mass is 35.5. The molecule has 0 bridgehead atoms. The fraction of sp³-hybridized carbons (Fsp3) is 0.538. The van der Waals surface area contributed by atoms with Crippen molar-refractivity contribution in [2.75, 3.05) is 13.2 Å². The van der Waals surface area contributed by atoms with Crippen LogP contribution in [0.2, 0.25) is 5.02 Å². The van der Waals surface area contributed by atoms with E-state index in [1.807, 2.05) is 18.2 Å². The van der Waals surface area contributed by atoms with Crippen LogP contribution in [-0.2, 0) is 11.3 Å². The number of benzene rings is 1. The number of halogens is 1. The van der Waals surface area contributed by atoms with E-state index in [-0.39, 0.29) is 5.54 Å². The molecule has 0 spiro atoms. The van der Waals surface area contributed by atoms with Crippen LogP contribution in [0.3, 0.4) is 0 Å². The highest BCUT2D eigenvalue weighted by Crippen LogP contribution is 2.20. The minimum absolute atomic E-state index is 0.209. The zero-order valence-electron chi connectivity index (χ0n) is 9.63. The zero-order chi connectivity index (χ0) is 11.4. The van der Waals surface area contributed by atoms with Gasteiger partial charge >= 0.3 is 0 Å². The topological polar surface area (TPSA) is 21.3 Å². The van der Waals surface area contributed by atoms with E-state index in [0.717, 1.165) is 37.6 Å². The molecule has 0 unspecified atom stereocenters. The second kappa shape index (κ2) is 5.17. The Labute approximate surface area is 102 Å². The third kappa shape index (κ3) is 3.21. The van der Waals surface area contributed by atoms with Gasteiger partial charge in [-0.3, -0.25) is 0 Å². The minimum Gasteiger partial charge on any atom is -0.381 e. The molecular formula is C13H18ClNO. The predicted molar refractivity (Wildman–Crippen MR) is 66.7 cm³/mol. The van der Waals surface area contributed by atoms with Gasteiger partial charge in [-0.1, -0.05) is 23.7 Å². The van der Waals surface area contributed by atoms with Gasteiger partial charge in [0.05, 0.1) is 0 Å². The highest BCUT2D eigenvalue weighted by molar-refractivity contribution is 6.30. The van der Waals surface area contributed by atoms with Crippen LogP contribution in [0.5, 0.6) is 0 Å². The molecule has 88 valence electrons. The molecule has 0 saturated carbocycles. The predicted octanol–water partition coefficient (Wildman–Crippen LogP) is 3.00. The van der Waals surface area contributed by atoms with Crippen molar-refractivity contribution >= 4 is 11.6 Å². The number of nitrogens with one attached hydrogen (secondary N) is 1. The Bertz CT molecular complexity index is 348. The van der Waals surface area contributed by atoms with Crippen molar-refractivity contribution in [2.24, 2.45) is 0 Å². The van der Waals surface area contributed by atoms with Gasteiger partial charge in [-0.2, -0.15) is 0 Å². The normalized spacial score (nSPS) is 19.6. The van der Waals surface area contributed by atoms with Gasteiger partial charge in [0.15, 0.2) is 0 Å². The van der Waals surface area contributed by atoms with Gasteiger partial charge in [0.2, 0.25) is 0 Å². The molecule has 1 heterocycles. The van der Waals surface area contributed by atoms with Crippen LogP contribution in [0.1, 0.15) is 25.3 Å². The smallest absolute Gasteiger partial charge is 0.0483 e. The quantitative estimate of drug-likeness (QED) is 0.876. The van der Waals surface area contributed by atoms with Gasteiger partial charge in [0.25, 0.3) is 0 Å². The summed E-state index contributed by atoms with van der Waals surface area (Å²) in [4.78, 5) is 0. The summed E-state index contributed by atoms with van der Waals surface area (Å²) in [5, 5.41) is 4.41. The van der Waals surface area contributed by atoms with Gasteiger partial charge in [0, 0.05) is 30.3 Å². The molecule has 2 nitrogen and oxygen atoms in total. The van der Waals surface area contributed by atoms with E-state index in [2.05, 4.69) is 18.3 Å². The van der Waals surface area contributed by atoms with Gasteiger partial charge in [-0.25, -0.2) is 0 Å². The number of hydrogen-bond donors (Lipinski definition) is 1. The van der Waals surface area contributed by atoms with Crippen molar-refractivity contribution in [2.45, 2.75) is 31.8 Å². The third-order valence-corrected chi connectivity index (χ3v) is 3.44. The van der Waals surface area contributed by atoms with Crippen LogP contribution < -0.4 is 5.32 Å². The van der Waals surface area contributed by atoms with Crippen LogP contribution in [-0.4, -0.2) is 18.8 Å². The van der Waals surface area contributed by atoms with Gasteiger partial charge in [-0.05, 0) is 37.5 Å². The second-order valence-corrected chi connectivity index (χ2v) is 5.09. The second-order valence-electron chi connectivity index (χ2n) is 4.66. The number of ether oxygens (including phenoxy) is 1. The van der Waals surface area contributed by atoms with E-state index in [4.69, 9.17) is 16.3 Å². The lowest BCUT2D eigenvalue weighted by Gasteiger charge is -2.34. The highest BCUT2D eigenvalue weighted by Gasteiger charge is 2.26. The van der Waals surface area contributed by atoms with E-state index < -0.39 is 0 Å². The first-order valence-corrected chi connectivity index (χ1v) is 6.13. The molecule has 0 aromatic heterocycles. The molecule has 1 aromatic carbocycles. The summed E-state index contributed by atoms with van der Waals surface area (Å²) in [5.74, 6) is 0. The van der Waals surface area contributed by atoms with Crippen molar-refractivity contribution in [3.8, 4) is 0 Å². The van der Waals surface area contributed by atoms with E-state index in [9.17, 15) is 0 Å². The molecule has 0 atom stereocenters. The monoisotopic (exact) mass is 239 g/mol. The molecule has 0 radical (unpaired) electrons. The number of rotatable bonds is 3. The fourth-order valence-corrected chi connectivity index (χ4v) is 2.17. The lowest BCUT2D eigenvalue weighted by atomic mass is 9.92. The molecule has 1 aliphatic heterocycles. The third-order valence-electron chi connectivity index (χ3n) is 3.20. The Kier molecular flexibility index (Phi) is 3.85. The van der Waals surface area contributed by atoms with Crippen molar-refractivity contribution in [3.05, 3.63) is 34.9 Å². The Morgan fingerprint density at radius 1 is 1.38 bits per heavy atom. The molecule has 16 heavy (non-hydrogen) atoms. The largest absolute Gasteiger partial charge is 0.381 e.